The van der Waals surface area contributed by atoms with Crippen molar-refractivity contribution in [1.82, 2.24) is 0 Å². The Balaban J connectivity index is 1.61. The van der Waals surface area contributed by atoms with Crippen LogP contribution in [-0.4, -0.2) is 25.1 Å². The molecule has 1 atom stereocenters. The Morgan fingerprint density at radius 1 is 0.872 bits per heavy atom. The molecule has 0 aliphatic rings. The normalized spacial score (nSPS) is 11.6. The largest absolute Gasteiger partial charge is 0.493 e. The highest BCUT2D eigenvalue weighted by Crippen LogP contribution is 2.30. The Morgan fingerprint density at radius 2 is 1.59 bits per heavy atom. The van der Waals surface area contributed by atoms with E-state index in [9.17, 15) is 9.59 Å². The fourth-order valence-corrected chi connectivity index (χ4v) is 4.62. The molecule has 6 heteroatoms. The van der Waals surface area contributed by atoms with E-state index in [0.29, 0.717) is 60.8 Å². The van der Waals surface area contributed by atoms with Crippen molar-refractivity contribution >= 4 is 17.6 Å². The molecule has 0 radical (unpaired) electrons. The van der Waals surface area contributed by atoms with Crippen molar-refractivity contribution < 1.29 is 23.8 Å². The minimum absolute atomic E-state index is 0.252. The van der Waals surface area contributed by atoms with Crippen LogP contribution in [0.2, 0.25) is 0 Å². The molecule has 1 amide bonds. The lowest BCUT2D eigenvalue weighted by Crippen LogP contribution is -2.15. The molecule has 3 rings (SSSR count). The summed E-state index contributed by atoms with van der Waals surface area (Å²) in [4.78, 5) is 24.7. The molecule has 0 saturated carbocycles. The van der Waals surface area contributed by atoms with Crippen LogP contribution >= 0.6 is 0 Å². The third kappa shape index (κ3) is 8.60. The summed E-state index contributed by atoms with van der Waals surface area (Å²) in [6.07, 6.45) is 1.90. The van der Waals surface area contributed by atoms with Crippen LogP contribution in [0.25, 0.3) is 0 Å². The van der Waals surface area contributed by atoms with E-state index in [1.165, 1.54) is 5.56 Å². The van der Waals surface area contributed by atoms with Crippen LogP contribution in [0.5, 0.6) is 11.5 Å². The van der Waals surface area contributed by atoms with Crippen molar-refractivity contribution in [3.63, 3.8) is 0 Å². The van der Waals surface area contributed by atoms with E-state index >= 15 is 0 Å². The molecule has 0 bridgehead atoms. The summed E-state index contributed by atoms with van der Waals surface area (Å²) < 4.78 is 16.9. The van der Waals surface area contributed by atoms with Gasteiger partial charge in [-0.05, 0) is 73.9 Å². The van der Waals surface area contributed by atoms with E-state index in [2.05, 4.69) is 50.4 Å². The van der Waals surface area contributed by atoms with Gasteiger partial charge in [-0.3, -0.25) is 9.59 Å². The smallest absolute Gasteiger partial charge is 0.305 e. The molecule has 0 heterocycles. The van der Waals surface area contributed by atoms with Gasteiger partial charge < -0.3 is 19.5 Å². The monoisotopic (exact) mass is 531 g/mol. The highest BCUT2D eigenvalue weighted by Gasteiger charge is 2.16. The average molecular weight is 532 g/mol. The van der Waals surface area contributed by atoms with Crippen molar-refractivity contribution in [2.75, 3.05) is 18.5 Å². The number of carbonyl (C=O) groups excluding carboxylic acids is 2. The fraction of sp³-hybridized carbons (Fsp3) is 0.394. The first-order valence-electron chi connectivity index (χ1n) is 13.8. The SMILES string of the molecule is CCOC(=O)CCCOc1ccccc1C(=O)Nc1cccc(OCc2ccc(C(CC)C(C)C)cc2)c1C. The standard InChI is InChI=1S/C33H41NO5/c1-6-27(23(3)4)26-19-17-25(18-20-26)22-39-30-15-10-13-29(24(30)5)34-33(36)28-12-8-9-14-31(28)38-21-11-16-32(35)37-7-2/h8-10,12-15,17-20,23,27H,6-7,11,16,21-22H2,1-5H3,(H,34,36). The highest BCUT2D eigenvalue weighted by molar-refractivity contribution is 6.06. The van der Waals surface area contributed by atoms with Gasteiger partial charge in [-0.15, -0.1) is 0 Å². The molecular formula is C33H41NO5. The summed E-state index contributed by atoms with van der Waals surface area (Å²) in [6.45, 7) is 11.6. The number of hydrogen-bond donors (Lipinski definition) is 1. The van der Waals surface area contributed by atoms with Crippen LogP contribution in [0.4, 0.5) is 5.69 Å². The van der Waals surface area contributed by atoms with Crippen LogP contribution in [-0.2, 0) is 16.1 Å². The molecule has 0 fully saturated rings. The number of rotatable bonds is 14. The lowest BCUT2D eigenvalue weighted by molar-refractivity contribution is -0.143. The lowest BCUT2D eigenvalue weighted by atomic mass is 9.86. The number of amides is 1. The topological polar surface area (TPSA) is 73.9 Å². The third-order valence-electron chi connectivity index (χ3n) is 6.80. The van der Waals surface area contributed by atoms with Crippen molar-refractivity contribution in [2.45, 2.75) is 66.4 Å². The van der Waals surface area contributed by atoms with Gasteiger partial charge in [0.1, 0.15) is 18.1 Å². The molecular weight excluding hydrogens is 490 g/mol. The number of anilines is 1. The molecule has 39 heavy (non-hydrogen) atoms. The van der Waals surface area contributed by atoms with E-state index in [1.54, 1.807) is 25.1 Å². The fourth-order valence-electron chi connectivity index (χ4n) is 4.62. The number of ether oxygens (including phenoxy) is 3. The van der Waals surface area contributed by atoms with Crippen molar-refractivity contribution in [1.29, 1.82) is 0 Å². The predicted molar refractivity (Wildman–Crippen MR) is 156 cm³/mol. The first-order valence-corrected chi connectivity index (χ1v) is 13.8. The summed E-state index contributed by atoms with van der Waals surface area (Å²) in [7, 11) is 0. The molecule has 1 unspecified atom stereocenters. The Labute approximate surface area is 232 Å². The van der Waals surface area contributed by atoms with Gasteiger partial charge in [-0.25, -0.2) is 0 Å². The molecule has 0 aromatic heterocycles. The maximum absolute atomic E-state index is 13.2. The molecule has 0 saturated heterocycles. The first-order chi connectivity index (χ1) is 18.8. The molecule has 0 aliphatic heterocycles. The molecule has 1 N–H and O–H groups in total. The second-order valence-corrected chi connectivity index (χ2v) is 9.93. The van der Waals surface area contributed by atoms with Gasteiger partial charge in [-0.2, -0.15) is 0 Å². The highest BCUT2D eigenvalue weighted by atomic mass is 16.5. The summed E-state index contributed by atoms with van der Waals surface area (Å²) in [6, 6.07) is 21.4. The molecule has 0 aliphatic carbocycles. The maximum atomic E-state index is 13.2. The summed E-state index contributed by atoms with van der Waals surface area (Å²) >= 11 is 0. The average Bonchev–Trinajstić information content (AvgIpc) is 2.93. The number of para-hydroxylation sites is 1. The van der Waals surface area contributed by atoms with Crippen LogP contribution < -0.4 is 14.8 Å². The number of carbonyl (C=O) groups is 2. The van der Waals surface area contributed by atoms with Gasteiger partial charge in [0.2, 0.25) is 0 Å². The van der Waals surface area contributed by atoms with Crippen LogP contribution in [0.3, 0.4) is 0 Å². The van der Waals surface area contributed by atoms with Crippen molar-refractivity contribution in [2.24, 2.45) is 5.92 Å². The molecule has 6 nitrogen and oxygen atoms in total. The van der Waals surface area contributed by atoms with E-state index < -0.39 is 0 Å². The van der Waals surface area contributed by atoms with Crippen LogP contribution in [0.15, 0.2) is 66.7 Å². The Morgan fingerprint density at radius 3 is 2.28 bits per heavy atom. The van der Waals surface area contributed by atoms with E-state index in [1.807, 2.05) is 31.2 Å². The zero-order valence-corrected chi connectivity index (χ0v) is 23.8. The number of nitrogens with one attached hydrogen (secondary N) is 1. The van der Waals surface area contributed by atoms with E-state index in [0.717, 1.165) is 17.5 Å². The van der Waals surface area contributed by atoms with E-state index in [-0.39, 0.29) is 18.3 Å². The predicted octanol–water partition coefficient (Wildman–Crippen LogP) is 7.70. The number of esters is 1. The molecule has 3 aromatic rings. The first kappa shape index (κ1) is 29.8. The number of benzene rings is 3. The molecule has 3 aromatic carbocycles. The van der Waals surface area contributed by atoms with Gasteiger partial charge >= 0.3 is 5.97 Å². The minimum atomic E-state index is -0.275. The Hall–Kier alpha value is -3.80. The summed E-state index contributed by atoms with van der Waals surface area (Å²) in [5, 5.41) is 2.99. The van der Waals surface area contributed by atoms with Gasteiger partial charge in [0.05, 0.1) is 18.8 Å². The van der Waals surface area contributed by atoms with Gasteiger partial charge in [0, 0.05) is 17.7 Å². The Bertz CT molecular complexity index is 1220. The zero-order valence-electron chi connectivity index (χ0n) is 23.8. The Kier molecular flexibility index (Phi) is 11.4. The lowest BCUT2D eigenvalue weighted by Gasteiger charge is -2.20. The van der Waals surface area contributed by atoms with Crippen LogP contribution in [0.1, 0.15) is 79.9 Å². The summed E-state index contributed by atoms with van der Waals surface area (Å²) in [5.74, 6) is 1.82. The minimum Gasteiger partial charge on any atom is -0.493 e. The second kappa shape index (κ2) is 15.0. The van der Waals surface area contributed by atoms with Gasteiger partial charge in [-0.1, -0.05) is 63.2 Å². The molecule has 0 spiro atoms. The van der Waals surface area contributed by atoms with Gasteiger partial charge in [0.25, 0.3) is 5.91 Å². The second-order valence-electron chi connectivity index (χ2n) is 9.93. The molecule has 208 valence electrons. The van der Waals surface area contributed by atoms with Crippen molar-refractivity contribution in [3.8, 4) is 11.5 Å². The quantitative estimate of drug-likeness (QED) is 0.170. The van der Waals surface area contributed by atoms with Crippen molar-refractivity contribution in [3.05, 3.63) is 89.0 Å². The summed E-state index contributed by atoms with van der Waals surface area (Å²) in [5.41, 5.74) is 4.40. The maximum Gasteiger partial charge on any atom is 0.305 e. The zero-order chi connectivity index (χ0) is 28.2. The van der Waals surface area contributed by atoms with Gasteiger partial charge in [0.15, 0.2) is 0 Å². The van der Waals surface area contributed by atoms with E-state index in [4.69, 9.17) is 14.2 Å². The van der Waals surface area contributed by atoms with Crippen LogP contribution in [0, 0.1) is 12.8 Å². The number of hydrogen-bond acceptors (Lipinski definition) is 5. The third-order valence-corrected chi connectivity index (χ3v) is 6.80.